The Morgan fingerprint density at radius 3 is 2.59 bits per heavy atom. The number of nitrogens with one attached hydrogen (secondary N) is 1. The number of piperidine rings is 1. The van der Waals surface area contributed by atoms with Crippen molar-refractivity contribution in [3.63, 3.8) is 0 Å². The van der Waals surface area contributed by atoms with E-state index in [4.69, 9.17) is 4.74 Å². The Kier molecular flexibility index (Phi) is 6.91. The van der Waals surface area contributed by atoms with Gasteiger partial charge in [-0.3, -0.25) is 14.5 Å². The number of fused-ring (bicyclic) bond motifs is 3. The number of amides is 2. The Labute approximate surface area is 226 Å². The monoisotopic (exact) mass is 535 g/mol. The third-order valence-electron chi connectivity index (χ3n) is 7.81. The summed E-state index contributed by atoms with van der Waals surface area (Å²) < 4.78 is 35.8. The van der Waals surface area contributed by atoms with Crippen LogP contribution in [0.1, 0.15) is 56.7 Å². The molecule has 2 aromatic rings. The summed E-state index contributed by atoms with van der Waals surface area (Å²) in [5.41, 5.74) is 1.47. The zero-order valence-corrected chi connectivity index (χ0v) is 22.2. The topological polar surface area (TPSA) is 99.5 Å². The van der Waals surface area contributed by atoms with Crippen LogP contribution in [0.5, 0.6) is 0 Å². The fourth-order valence-electron chi connectivity index (χ4n) is 6.10. The van der Waals surface area contributed by atoms with Crippen LogP contribution in [-0.4, -0.2) is 46.4 Å². The van der Waals surface area contributed by atoms with Crippen molar-refractivity contribution in [2.24, 2.45) is 5.92 Å². The molecular formula is C30H31F2N3O4. The molecule has 7 nitrogen and oxygen atoms in total. The minimum Gasteiger partial charge on any atom is -0.444 e. The fraction of sp³-hybridized carbons (Fsp3) is 0.467. The Morgan fingerprint density at radius 1 is 1.13 bits per heavy atom. The van der Waals surface area contributed by atoms with Crippen LogP contribution in [0.2, 0.25) is 0 Å². The van der Waals surface area contributed by atoms with E-state index in [0.717, 1.165) is 24.0 Å². The molecule has 0 aromatic heterocycles. The summed E-state index contributed by atoms with van der Waals surface area (Å²) in [6.07, 6.45) is 2.09. The number of benzene rings is 2. The lowest BCUT2D eigenvalue weighted by Gasteiger charge is -2.35. The van der Waals surface area contributed by atoms with Crippen LogP contribution >= 0.6 is 0 Å². The van der Waals surface area contributed by atoms with Gasteiger partial charge in [-0.25, -0.2) is 13.6 Å². The Bertz CT molecular complexity index is 1390. The predicted molar refractivity (Wildman–Crippen MR) is 138 cm³/mol. The Balaban J connectivity index is 1.31. The van der Waals surface area contributed by atoms with E-state index in [0.29, 0.717) is 18.4 Å². The zero-order valence-electron chi connectivity index (χ0n) is 22.2. The summed E-state index contributed by atoms with van der Waals surface area (Å²) in [5.74, 6) is -2.59. The lowest BCUT2D eigenvalue weighted by Crippen LogP contribution is -2.55. The highest BCUT2D eigenvalue weighted by molar-refractivity contribution is 5.89. The lowest BCUT2D eigenvalue weighted by molar-refractivity contribution is -0.128. The second kappa shape index (κ2) is 10.1. The summed E-state index contributed by atoms with van der Waals surface area (Å²) in [5, 5.41) is 12.4. The third kappa shape index (κ3) is 5.25. The van der Waals surface area contributed by atoms with E-state index in [1.807, 2.05) is 6.07 Å². The number of nitriles is 1. The number of hydrogen-bond acceptors (Lipinski definition) is 5. The molecule has 3 aliphatic rings. The molecule has 2 aliphatic carbocycles. The van der Waals surface area contributed by atoms with Crippen LogP contribution in [0, 0.1) is 28.9 Å². The molecule has 0 spiro atoms. The normalized spacial score (nSPS) is 22.4. The number of halogens is 2. The summed E-state index contributed by atoms with van der Waals surface area (Å²) >= 11 is 0. The molecule has 9 heteroatoms. The van der Waals surface area contributed by atoms with Crippen molar-refractivity contribution in [2.45, 2.75) is 83.0 Å². The fourth-order valence-corrected chi connectivity index (χ4v) is 6.10. The van der Waals surface area contributed by atoms with E-state index < -0.39 is 41.3 Å². The second-order valence-corrected chi connectivity index (χ2v) is 11.7. The van der Waals surface area contributed by atoms with Gasteiger partial charge < -0.3 is 10.1 Å². The van der Waals surface area contributed by atoms with Gasteiger partial charge in [-0.15, -0.1) is 0 Å². The lowest BCUT2D eigenvalue weighted by atomic mass is 9.96. The van der Waals surface area contributed by atoms with Gasteiger partial charge in [0, 0.05) is 30.9 Å². The van der Waals surface area contributed by atoms with Crippen molar-refractivity contribution in [3.05, 3.63) is 58.7 Å². The number of Topliss-reactive ketones (excluding diaryl/α,β-unsaturated/α-hetero) is 1. The first-order valence-corrected chi connectivity index (χ1v) is 13.3. The van der Waals surface area contributed by atoms with Gasteiger partial charge in [0.15, 0.2) is 11.6 Å². The number of rotatable bonds is 5. The molecule has 39 heavy (non-hydrogen) atoms. The van der Waals surface area contributed by atoms with Gasteiger partial charge in [-0.05, 0) is 68.2 Å². The molecule has 0 radical (unpaired) electrons. The molecule has 5 rings (SSSR count). The molecule has 2 aromatic carbocycles. The number of carbonyl (C=O) groups is 3. The molecule has 2 amide bonds. The molecule has 2 bridgehead atoms. The van der Waals surface area contributed by atoms with Crippen molar-refractivity contribution in [2.75, 3.05) is 0 Å². The number of ether oxygens (including phenoxy) is 1. The number of carbonyl (C=O) groups excluding carboxylic acids is 3. The summed E-state index contributed by atoms with van der Waals surface area (Å²) in [6, 6.07) is 7.97. The first kappa shape index (κ1) is 26.8. The molecule has 2 fully saturated rings. The highest BCUT2D eigenvalue weighted by Crippen LogP contribution is 2.43. The molecule has 0 unspecified atom stereocenters. The summed E-state index contributed by atoms with van der Waals surface area (Å²) in [7, 11) is 0. The van der Waals surface area contributed by atoms with E-state index in [-0.39, 0.29) is 41.7 Å². The van der Waals surface area contributed by atoms with Gasteiger partial charge in [0.25, 0.3) is 0 Å². The van der Waals surface area contributed by atoms with Gasteiger partial charge in [-0.2, -0.15) is 5.26 Å². The van der Waals surface area contributed by atoms with Crippen molar-refractivity contribution in [3.8, 4) is 17.2 Å². The molecule has 1 heterocycles. The van der Waals surface area contributed by atoms with E-state index in [2.05, 4.69) is 5.32 Å². The summed E-state index contributed by atoms with van der Waals surface area (Å²) in [4.78, 5) is 39.4. The van der Waals surface area contributed by atoms with Crippen LogP contribution < -0.4 is 5.32 Å². The number of likely N-dealkylation sites (tertiary alicyclic amines) is 1. The molecule has 4 atom stereocenters. The average molecular weight is 536 g/mol. The quantitative estimate of drug-likeness (QED) is 0.602. The van der Waals surface area contributed by atoms with Gasteiger partial charge in [0.1, 0.15) is 23.5 Å². The maximum Gasteiger partial charge on any atom is 0.411 e. The molecular weight excluding hydrogens is 504 g/mol. The van der Waals surface area contributed by atoms with Gasteiger partial charge in [0.05, 0.1) is 6.07 Å². The largest absolute Gasteiger partial charge is 0.444 e. The second-order valence-electron chi connectivity index (χ2n) is 11.7. The standard InChI is InChI=1S/C30H31F2N3O4/c1-30(2,3)39-29(38)35-22-8-6-19(12-22)27(35)28(37)34-21(15-33)11-18-7-9-24(26(32)25(18)31)17-5-4-16-13-23(36)14-20(16)10-17/h4-5,7,9-10,19,21-22,27H,6,8,11-14H2,1-3H3,(H,34,37)/t19-,21-,22+,27-/m0/s1. The maximum absolute atomic E-state index is 15.1. The molecule has 1 aliphatic heterocycles. The van der Waals surface area contributed by atoms with Crippen LogP contribution in [0.4, 0.5) is 13.6 Å². The number of ketones is 1. The first-order valence-electron chi connectivity index (χ1n) is 13.3. The van der Waals surface area contributed by atoms with E-state index >= 15 is 8.78 Å². The minimum atomic E-state index is -1.12. The van der Waals surface area contributed by atoms with E-state index in [1.165, 1.54) is 17.0 Å². The summed E-state index contributed by atoms with van der Waals surface area (Å²) in [6.45, 7) is 5.26. The highest BCUT2D eigenvalue weighted by atomic mass is 19.2. The Morgan fingerprint density at radius 2 is 1.87 bits per heavy atom. The van der Waals surface area contributed by atoms with Gasteiger partial charge >= 0.3 is 6.09 Å². The molecule has 204 valence electrons. The van der Waals surface area contributed by atoms with Crippen molar-refractivity contribution in [1.29, 1.82) is 5.26 Å². The van der Waals surface area contributed by atoms with Crippen LogP contribution in [0.25, 0.3) is 11.1 Å². The average Bonchev–Trinajstić information content (AvgIpc) is 3.58. The molecule has 1 saturated heterocycles. The zero-order chi connectivity index (χ0) is 28.1. The highest BCUT2D eigenvalue weighted by Gasteiger charge is 2.52. The minimum absolute atomic E-state index is 0.0436. The van der Waals surface area contributed by atoms with Crippen molar-refractivity contribution < 1.29 is 27.9 Å². The smallest absolute Gasteiger partial charge is 0.411 e. The van der Waals surface area contributed by atoms with Crippen LogP contribution in [-0.2, 0) is 33.6 Å². The third-order valence-corrected chi connectivity index (χ3v) is 7.81. The van der Waals surface area contributed by atoms with Gasteiger partial charge in [0.2, 0.25) is 5.91 Å². The molecule has 1 N–H and O–H groups in total. The van der Waals surface area contributed by atoms with E-state index in [1.54, 1.807) is 39.0 Å². The van der Waals surface area contributed by atoms with Crippen LogP contribution in [0.15, 0.2) is 30.3 Å². The van der Waals surface area contributed by atoms with Crippen LogP contribution in [0.3, 0.4) is 0 Å². The maximum atomic E-state index is 15.1. The van der Waals surface area contributed by atoms with E-state index in [9.17, 15) is 19.6 Å². The first-order chi connectivity index (χ1) is 18.4. The SMILES string of the molecule is CC(C)(C)OC(=O)N1[C@@H]2CC[C@@H](C2)[C@H]1C(=O)N[C@H](C#N)Cc1ccc(-c2ccc3c(c2)CC(=O)C3)c(F)c1F. The van der Waals surface area contributed by atoms with Crippen molar-refractivity contribution >= 4 is 17.8 Å². The van der Waals surface area contributed by atoms with Gasteiger partial charge in [-0.1, -0.05) is 30.3 Å². The number of nitrogens with zero attached hydrogens (tertiary/aromatic N) is 2. The Hall–Kier alpha value is -3.80. The van der Waals surface area contributed by atoms with Crippen molar-refractivity contribution in [1.82, 2.24) is 10.2 Å². The molecule has 1 saturated carbocycles. The number of hydrogen-bond donors (Lipinski definition) is 1. The predicted octanol–water partition coefficient (Wildman–Crippen LogP) is 4.64.